The van der Waals surface area contributed by atoms with Gasteiger partial charge < -0.3 is 29.4 Å². The van der Waals surface area contributed by atoms with Gasteiger partial charge in [-0.3, -0.25) is 4.79 Å². The number of hydrogen-bond donors (Lipinski definition) is 2. The molecule has 34 heavy (non-hydrogen) atoms. The molecule has 0 saturated carbocycles. The Bertz CT molecular complexity index is 957. The van der Waals surface area contributed by atoms with Crippen molar-refractivity contribution in [2.24, 2.45) is 4.99 Å². The lowest BCUT2D eigenvalue weighted by atomic mass is 9.95. The summed E-state index contributed by atoms with van der Waals surface area (Å²) in [7, 11) is 3.04. The predicted octanol–water partition coefficient (Wildman–Crippen LogP) is 2.80. The van der Waals surface area contributed by atoms with Crippen molar-refractivity contribution in [1.29, 1.82) is 0 Å². The van der Waals surface area contributed by atoms with Crippen LogP contribution in [0.4, 0.5) is 0 Å². The molecular weight excluding hydrogens is 436 g/mol. The lowest BCUT2D eigenvalue weighted by Crippen LogP contribution is -2.48. The first kappa shape index (κ1) is 25.4. The van der Waals surface area contributed by atoms with E-state index in [-0.39, 0.29) is 25.7 Å². The normalized spacial score (nSPS) is 17.6. The number of aliphatic hydroxyl groups excluding tert-OH is 1. The van der Waals surface area contributed by atoms with Crippen LogP contribution in [0, 0.1) is 0 Å². The largest absolute Gasteiger partial charge is 0.494 e. The Kier molecular flexibility index (Phi) is 9.63. The third-order valence-corrected chi connectivity index (χ3v) is 5.38. The number of carbonyl (C=O) groups excluding carboxylic acids is 1. The van der Waals surface area contributed by atoms with E-state index in [0.29, 0.717) is 31.1 Å². The van der Waals surface area contributed by atoms with Gasteiger partial charge in [0.25, 0.3) is 5.91 Å². The van der Waals surface area contributed by atoms with E-state index in [1.165, 1.54) is 14.2 Å². The van der Waals surface area contributed by atoms with Crippen molar-refractivity contribution in [2.75, 3.05) is 40.6 Å². The number of hydrogen-bond acceptors (Lipinski definition) is 7. The van der Waals surface area contributed by atoms with Crippen LogP contribution >= 0.6 is 0 Å². The Hall–Kier alpha value is -3.20. The summed E-state index contributed by atoms with van der Waals surface area (Å²) in [5, 5.41) is 11.8. The highest BCUT2D eigenvalue weighted by Crippen LogP contribution is 2.28. The number of rotatable bonds is 13. The van der Waals surface area contributed by atoms with Gasteiger partial charge in [0.05, 0.1) is 13.2 Å². The van der Waals surface area contributed by atoms with E-state index >= 15 is 0 Å². The van der Waals surface area contributed by atoms with Crippen molar-refractivity contribution < 1.29 is 28.8 Å². The molecule has 0 saturated heterocycles. The zero-order valence-electron chi connectivity index (χ0n) is 19.6. The van der Waals surface area contributed by atoms with Gasteiger partial charge in [0.2, 0.25) is 5.90 Å². The average Bonchev–Trinajstić information content (AvgIpc) is 3.31. The summed E-state index contributed by atoms with van der Waals surface area (Å²) < 4.78 is 21.8. The molecule has 1 aliphatic heterocycles. The quantitative estimate of drug-likeness (QED) is 0.347. The first-order valence-electron chi connectivity index (χ1n) is 11.2. The van der Waals surface area contributed by atoms with Crippen LogP contribution in [0.5, 0.6) is 5.75 Å². The van der Waals surface area contributed by atoms with Crippen LogP contribution in [-0.4, -0.2) is 69.3 Å². The summed E-state index contributed by atoms with van der Waals surface area (Å²) in [6.45, 7) is 0.836. The highest BCUT2D eigenvalue weighted by Gasteiger charge is 2.43. The molecule has 1 atom stereocenters. The van der Waals surface area contributed by atoms with Crippen molar-refractivity contribution in [3.63, 3.8) is 0 Å². The fourth-order valence-corrected chi connectivity index (χ4v) is 3.41. The van der Waals surface area contributed by atoms with E-state index in [0.717, 1.165) is 11.1 Å². The van der Waals surface area contributed by atoms with E-state index in [4.69, 9.17) is 29.0 Å². The third-order valence-electron chi connectivity index (χ3n) is 5.38. The van der Waals surface area contributed by atoms with Crippen molar-refractivity contribution in [3.8, 4) is 5.75 Å². The second-order valence-electron chi connectivity index (χ2n) is 7.82. The number of benzene rings is 2. The monoisotopic (exact) mass is 468 g/mol. The van der Waals surface area contributed by atoms with Crippen LogP contribution in [0.3, 0.4) is 0 Å². The summed E-state index contributed by atoms with van der Waals surface area (Å²) in [6, 6.07) is 17.2. The molecule has 1 amide bonds. The molecule has 3 rings (SSSR count). The fraction of sp³-hybridized carbons (Fsp3) is 0.385. The van der Waals surface area contributed by atoms with E-state index in [9.17, 15) is 4.79 Å². The Morgan fingerprint density at radius 1 is 1.18 bits per heavy atom. The molecular formula is C26H32N2O6. The van der Waals surface area contributed by atoms with Gasteiger partial charge in [-0.15, -0.1) is 0 Å². The topological polar surface area (TPSA) is 98.6 Å². The van der Waals surface area contributed by atoms with Crippen molar-refractivity contribution >= 4 is 17.9 Å². The molecule has 0 fully saturated rings. The molecule has 8 nitrogen and oxygen atoms in total. The van der Waals surface area contributed by atoms with Gasteiger partial charge in [-0.1, -0.05) is 42.5 Å². The van der Waals surface area contributed by atoms with Gasteiger partial charge in [-0.2, -0.15) is 0 Å². The van der Waals surface area contributed by atoms with Crippen molar-refractivity contribution in [2.45, 2.75) is 24.7 Å². The molecule has 182 valence electrons. The maximum Gasteiger partial charge on any atom is 0.252 e. The molecule has 2 aromatic carbocycles. The van der Waals surface area contributed by atoms with E-state index in [1.54, 1.807) is 0 Å². The van der Waals surface area contributed by atoms with Crippen LogP contribution in [0.15, 0.2) is 65.7 Å². The van der Waals surface area contributed by atoms with Crippen LogP contribution in [-0.2, 0) is 19.0 Å². The lowest BCUT2D eigenvalue weighted by Gasteiger charge is -2.23. The summed E-state index contributed by atoms with van der Waals surface area (Å²) >= 11 is 0. The summed E-state index contributed by atoms with van der Waals surface area (Å²) in [6.07, 6.45) is 4.29. The predicted molar refractivity (Wildman–Crippen MR) is 130 cm³/mol. The number of amides is 1. The molecule has 0 bridgehead atoms. The van der Waals surface area contributed by atoms with Crippen molar-refractivity contribution in [1.82, 2.24) is 5.32 Å². The summed E-state index contributed by atoms with van der Waals surface area (Å²) in [4.78, 5) is 18.0. The molecule has 0 aliphatic carbocycles. The van der Waals surface area contributed by atoms with Gasteiger partial charge >= 0.3 is 0 Å². The minimum absolute atomic E-state index is 0.0844. The number of aliphatic imine (C=N–C) groups is 1. The van der Waals surface area contributed by atoms with Crippen LogP contribution < -0.4 is 10.1 Å². The third kappa shape index (κ3) is 6.90. The molecule has 8 heteroatoms. The molecule has 0 aromatic heterocycles. The molecule has 0 spiro atoms. The fourth-order valence-electron chi connectivity index (χ4n) is 3.41. The highest BCUT2D eigenvalue weighted by molar-refractivity contribution is 6.00. The lowest BCUT2D eigenvalue weighted by molar-refractivity contribution is -0.132. The number of ether oxygens (including phenoxy) is 4. The molecule has 2 N–H and O–H groups in total. The Morgan fingerprint density at radius 2 is 1.91 bits per heavy atom. The first-order valence-corrected chi connectivity index (χ1v) is 11.2. The molecule has 1 aliphatic rings. The minimum Gasteiger partial charge on any atom is -0.494 e. The van der Waals surface area contributed by atoms with Gasteiger partial charge in [0.15, 0.2) is 11.8 Å². The zero-order chi connectivity index (χ0) is 24.2. The summed E-state index contributed by atoms with van der Waals surface area (Å²) in [5.74, 6) is 0.833. The van der Waals surface area contributed by atoms with E-state index < -0.39 is 11.8 Å². The Balaban J connectivity index is 1.77. The summed E-state index contributed by atoms with van der Waals surface area (Å²) in [5.41, 5.74) is 0.683. The molecule has 0 radical (unpaired) electrons. The standard InChI is InChI=1S/C26H32N2O6/c1-31-23(32-2)18-27-25(30)26(15-6-10-20-8-4-3-5-9-20)19-34-24(28-26)21-11-13-22(14-12-21)33-17-7-16-29/h3-6,8-14,23,29H,7,15-19H2,1-2H3,(H,27,30)/b10-6+/t26-/m1/s1. The van der Waals surface area contributed by atoms with Crippen LogP contribution in [0.1, 0.15) is 24.0 Å². The van der Waals surface area contributed by atoms with Crippen LogP contribution in [0.25, 0.3) is 6.08 Å². The van der Waals surface area contributed by atoms with Crippen molar-refractivity contribution in [3.05, 3.63) is 71.8 Å². The second-order valence-corrected chi connectivity index (χ2v) is 7.82. The number of nitrogens with zero attached hydrogens (tertiary/aromatic N) is 1. The van der Waals surface area contributed by atoms with Gasteiger partial charge in [-0.05, 0) is 29.8 Å². The van der Waals surface area contributed by atoms with Gasteiger partial charge in [0, 0.05) is 39.2 Å². The van der Waals surface area contributed by atoms with Gasteiger partial charge in [-0.25, -0.2) is 4.99 Å². The highest BCUT2D eigenvalue weighted by atomic mass is 16.7. The van der Waals surface area contributed by atoms with Crippen LogP contribution in [0.2, 0.25) is 0 Å². The van der Waals surface area contributed by atoms with E-state index in [1.807, 2.05) is 66.7 Å². The average molecular weight is 469 g/mol. The number of nitrogens with one attached hydrogen (secondary N) is 1. The maximum atomic E-state index is 13.2. The Morgan fingerprint density at radius 3 is 2.59 bits per heavy atom. The second kappa shape index (κ2) is 12.9. The minimum atomic E-state index is -1.11. The first-order chi connectivity index (χ1) is 16.6. The smallest absolute Gasteiger partial charge is 0.252 e. The number of aliphatic hydroxyl groups is 1. The zero-order valence-corrected chi connectivity index (χ0v) is 19.6. The van der Waals surface area contributed by atoms with Gasteiger partial charge in [0.1, 0.15) is 12.4 Å². The molecule has 2 aromatic rings. The Labute approximate surface area is 200 Å². The van der Waals surface area contributed by atoms with E-state index in [2.05, 4.69) is 5.32 Å². The molecule has 1 heterocycles. The molecule has 0 unspecified atom stereocenters. The maximum absolute atomic E-state index is 13.2. The SMILES string of the molecule is COC(CNC(=O)[C@@]1(C/C=C/c2ccccc2)COC(c2ccc(OCCCO)cc2)=N1)OC. The number of carbonyl (C=O) groups is 1. The number of methoxy groups -OCH3 is 2.